The van der Waals surface area contributed by atoms with Gasteiger partial charge in [0.25, 0.3) is 0 Å². The van der Waals surface area contributed by atoms with E-state index in [9.17, 15) is 18.0 Å². The zero-order valence-electron chi connectivity index (χ0n) is 13.3. The van der Waals surface area contributed by atoms with Gasteiger partial charge in [-0.05, 0) is 39.0 Å². The Labute approximate surface area is 133 Å². The second-order valence-electron chi connectivity index (χ2n) is 4.52. The normalized spacial score (nSPS) is 12.0. The zero-order valence-corrected chi connectivity index (χ0v) is 13.3. The number of alkyl halides is 3. The molecule has 1 N–H and O–H groups in total. The molecule has 0 saturated heterocycles. The number of rotatable bonds is 5. The highest BCUT2D eigenvalue weighted by Gasteiger charge is 2.30. The Morgan fingerprint density at radius 3 is 2.43 bits per heavy atom. The van der Waals surface area contributed by atoms with E-state index in [0.717, 1.165) is 12.1 Å². The standard InChI is InChI=1S/C15H20F3N3O2/c1-4-21(5-2)13(14(22)23-6-3)20-19-12-9-7-8-11(10-12)15(16,17)18/h7-10,19H,4-6H2,1-3H3/b20-13-. The van der Waals surface area contributed by atoms with Crippen LogP contribution in [0.25, 0.3) is 0 Å². The number of esters is 1. The molecule has 0 atom stereocenters. The van der Waals surface area contributed by atoms with Crippen molar-refractivity contribution in [1.82, 2.24) is 4.90 Å². The van der Waals surface area contributed by atoms with Crippen molar-refractivity contribution in [2.24, 2.45) is 5.10 Å². The van der Waals surface area contributed by atoms with Crippen LogP contribution in [-0.4, -0.2) is 36.4 Å². The quantitative estimate of drug-likeness (QED) is 0.389. The topological polar surface area (TPSA) is 53.9 Å². The lowest BCUT2D eigenvalue weighted by atomic mass is 10.2. The van der Waals surface area contributed by atoms with Gasteiger partial charge in [-0.2, -0.15) is 13.2 Å². The molecule has 0 aliphatic carbocycles. The summed E-state index contributed by atoms with van der Waals surface area (Å²) in [5, 5.41) is 3.93. The van der Waals surface area contributed by atoms with Gasteiger partial charge in [0.05, 0.1) is 17.9 Å². The second-order valence-corrected chi connectivity index (χ2v) is 4.52. The minimum atomic E-state index is -4.44. The van der Waals surface area contributed by atoms with E-state index in [0.29, 0.717) is 13.1 Å². The number of ether oxygens (including phenoxy) is 1. The maximum atomic E-state index is 12.7. The van der Waals surface area contributed by atoms with E-state index >= 15 is 0 Å². The van der Waals surface area contributed by atoms with E-state index in [-0.39, 0.29) is 18.1 Å². The number of nitrogens with one attached hydrogen (secondary N) is 1. The first kappa shape index (κ1) is 18.8. The van der Waals surface area contributed by atoms with Crippen molar-refractivity contribution in [1.29, 1.82) is 0 Å². The molecule has 128 valence electrons. The van der Waals surface area contributed by atoms with Gasteiger partial charge >= 0.3 is 12.1 Å². The molecule has 8 heteroatoms. The van der Waals surface area contributed by atoms with Crippen LogP contribution in [-0.2, 0) is 15.7 Å². The van der Waals surface area contributed by atoms with E-state index in [4.69, 9.17) is 4.74 Å². The summed E-state index contributed by atoms with van der Waals surface area (Å²) in [7, 11) is 0. The number of carbonyl (C=O) groups is 1. The third-order valence-corrected chi connectivity index (χ3v) is 3.00. The van der Waals surface area contributed by atoms with E-state index in [1.54, 1.807) is 11.8 Å². The molecule has 0 spiro atoms. The maximum absolute atomic E-state index is 12.7. The van der Waals surface area contributed by atoms with Gasteiger partial charge in [0.2, 0.25) is 5.84 Å². The van der Waals surface area contributed by atoms with Crippen LogP contribution < -0.4 is 5.43 Å². The van der Waals surface area contributed by atoms with Crippen molar-refractivity contribution in [2.75, 3.05) is 25.1 Å². The van der Waals surface area contributed by atoms with Gasteiger partial charge in [0.15, 0.2) is 0 Å². The number of benzene rings is 1. The molecule has 0 aliphatic heterocycles. The fourth-order valence-electron chi connectivity index (χ4n) is 1.85. The molecule has 0 fully saturated rings. The average Bonchev–Trinajstić information content (AvgIpc) is 2.51. The molecule has 0 amide bonds. The van der Waals surface area contributed by atoms with E-state index in [2.05, 4.69) is 10.5 Å². The second kappa shape index (κ2) is 8.40. The number of halogens is 3. The molecule has 0 aromatic heterocycles. The van der Waals surface area contributed by atoms with Crippen LogP contribution in [0.3, 0.4) is 0 Å². The Hall–Kier alpha value is -2.25. The van der Waals surface area contributed by atoms with Crippen LogP contribution in [0.1, 0.15) is 26.3 Å². The lowest BCUT2D eigenvalue weighted by Crippen LogP contribution is -2.38. The fraction of sp³-hybridized carbons (Fsp3) is 0.467. The van der Waals surface area contributed by atoms with Gasteiger partial charge in [-0.15, -0.1) is 5.10 Å². The van der Waals surface area contributed by atoms with Crippen molar-refractivity contribution >= 4 is 17.5 Å². The van der Waals surface area contributed by atoms with Crippen molar-refractivity contribution in [3.8, 4) is 0 Å². The van der Waals surface area contributed by atoms with Crippen LogP contribution in [0.2, 0.25) is 0 Å². The number of likely N-dealkylation sites (N-methyl/N-ethyl adjacent to an activating group) is 1. The smallest absolute Gasteiger partial charge is 0.416 e. The lowest BCUT2D eigenvalue weighted by Gasteiger charge is -2.21. The first-order chi connectivity index (χ1) is 10.8. The molecular formula is C15H20F3N3O2. The Morgan fingerprint density at radius 2 is 1.91 bits per heavy atom. The first-order valence-electron chi connectivity index (χ1n) is 7.26. The molecule has 0 heterocycles. The van der Waals surface area contributed by atoms with Crippen molar-refractivity contribution < 1.29 is 22.7 Å². The summed E-state index contributed by atoms with van der Waals surface area (Å²) in [5.41, 5.74) is 1.83. The Bertz CT molecular complexity index is 555. The molecule has 0 saturated carbocycles. The van der Waals surface area contributed by atoms with Crippen molar-refractivity contribution in [3.05, 3.63) is 29.8 Å². The molecule has 0 unspecified atom stereocenters. The van der Waals surface area contributed by atoms with Crippen LogP contribution in [0.5, 0.6) is 0 Å². The van der Waals surface area contributed by atoms with Gasteiger partial charge in [-0.1, -0.05) is 6.07 Å². The SMILES string of the molecule is CCOC(=O)/C(=N/Nc1cccc(C(F)(F)F)c1)N(CC)CC. The largest absolute Gasteiger partial charge is 0.460 e. The predicted octanol–water partition coefficient (Wildman–Crippen LogP) is 3.34. The molecule has 0 radical (unpaired) electrons. The molecule has 1 rings (SSSR count). The summed E-state index contributed by atoms with van der Waals surface area (Å²) in [6.07, 6.45) is -4.44. The molecular weight excluding hydrogens is 311 g/mol. The van der Waals surface area contributed by atoms with Crippen LogP contribution in [0, 0.1) is 0 Å². The van der Waals surface area contributed by atoms with Gasteiger partial charge in [0, 0.05) is 13.1 Å². The van der Waals surface area contributed by atoms with Crippen LogP contribution in [0.15, 0.2) is 29.4 Å². The van der Waals surface area contributed by atoms with E-state index < -0.39 is 17.7 Å². The van der Waals surface area contributed by atoms with Gasteiger partial charge < -0.3 is 9.64 Å². The number of hydrogen-bond acceptors (Lipinski definition) is 4. The van der Waals surface area contributed by atoms with Crippen molar-refractivity contribution in [2.45, 2.75) is 26.9 Å². The van der Waals surface area contributed by atoms with Gasteiger partial charge in [-0.3, -0.25) is 5.43 Å². The molecule has 0 aliphatic rings. The molecule has 1 aromatic rings. The average molecular weight is 331 g/mol. The summed E-state index contributed by atoms with van der Waals surface area (Å²) in [4.78, 5) is 13.6. The van der Waals surface area contributed by atoms with E-state index in [1.165, 1.54) is 12.1 Å². The summed E-state index contributed by atoms with van der Waals surface area (Å²) in [6.45, 7) is 6.54. The molecule has 1 aromatic carbocycles. The zero-order chi connectivity index (χ0) is 17.5. The Kier molecular flexibility index (Phi) is 6.87. The van der Waals surface area contributed by atoms with Crippen LogP contribution in [0.4, 0.5) is 18.9 Å². The van der Waals surface area contributed by atoms with Gasteiger partial charge in [-0.25, -0.2) is 4.79 Å². The third kappa shape index (κ3) is 5.46. The lowest BCUT2D eigenvalue weighted by molar-refractivity contribution is -0.137. The number of hydrazone groups is 1. The Balaban J connectivity index is 3.02. The number of amidine groups is 1. The Morgan fingerprint density at radius 1 is 1.26 bits per heavy atom. The molecule has 0 bridgehead atoms. The molecule has 5 nitrogen and oxygen atoms in total. The van der Waals surface area contributed by atoms with E-state index in [1.807, 2.05) is 13.8 Å². The number of carbonyl (C=O) groups excluding carboxylic acids is 1. The first-order valence-corrected chi connectivity index (χ1v) is 7.26. The summed E-state index contributed by atoms with van der Waals surface area (Å²) in [5.74, 6) is -0.607. The van der Waals surface area contributed by atoms with Gasteiger partial charge in [0.1, 0.15) is 0 Å². The summed E-state index contributed by atoms with van der Waals surface area (Å²) in [6, 6.07) is 4.59. The predicted molar refractivity (Wildman–Crippen MR) is 82.1 cm³/mol. The molecule has 23 heavy (non-hydrogen) atoms. The minimum Gasteiger partial charge on any atom is -0.460 e. The highest BCUT2D eigenvalue weighted by molar-refractivity contribution is 6.35. The summed E-state index contributed by atoms with van der Waals surface area (Å²) < 4.78 is 43.0. The third-order valence-electron chi connectivity index (χ3n) is 3.00. The monoisotopic (exact) mass is 331 g/mol. The minimum absolute atomic E-state index is 0.0225. The highest BCUT2D eigenvalue weighted by Crippen LogP contribution is 2.30. The van der Waals surface area contributed by atoms with Crippen molar-refractivity contribution in [3.63, 3.8) is 0 Å². The number of nitrogens with zero attached hydrogens (tertiary/aromatic N) is 2. The fourth-order valence-corrected chi connectivity index (χ4v) is 1.85. The maximum Gasteiger partial charge on any atom is 0.416 e. The van der Waals surface area contributed by atoms with Crippen LogP contribution >= 0.6 is 0 Å². The number of anilines is 1. The highest BCUT2D eigenvalue weighted by atomic mass is 19.4. The summed E-state index contributed by atoms with van der Waals surface area (Å²) >= 11 is 0. The number of hydrogen-bond donors (Lipinski definition) is 1.